The third-order valence-electron chi connectivity index (χ3n) is 7.51. The van der Waals surface area contributed by atoms with Crippen LogP contribution in [0, 0.1) is 0 Å². The van der Waals surface area contributed by atoms with E-state index in [9.17, 15) is 83.6 Å². The Balaban J connectivity index is 2.01. The van der Waals surface area contributed by atoms with Crippen LogP contribution in [-0.2, 0) is 84.4 Å². The van der Waals surface area contributed by atoms with E-state index in [4.69, 9.17) is 33.7 Å². The van der Waals surface area contributed by atoms with Crippen LogP contribution < -0.4 is 16.6 Å². The summed E-state index contributed by atoms with van der Waals surface area (Å²) in [6, 6.07) is -1.64. The van der Waals surface area contributed by atoms with Crippen molar-refractivity contribution < 1.29 is 121 Å². The molecule has 28 nitrogen and oxygen atoms in total. The highest BCUT2D eigenvalue weighted by Gasteiger charge is 2.58. The monoisotopic (exact) mass is 966 g/mol. The lowest BCUT2D eigenvalue weighted by atomic mass is 9.96. The average Bonchev–Trinajstić information content (AvgIpc) is 3.45. The van der Waals surface area contributed by atoms with E-state index in [1.54, 1.807) is 4.98 Å². The summed E-state index contributed by atoms with van der Waals surface area (Å²) in [4.78, 5) is 121. The zero-order valence-corrected chi connectivity index (χ0v) is 33.3. The van der Waals surface area contributed by atoms with Crippen LogP contribution in [0.5, 0.6) is 0 Å². The number of amides is 1. The molecule has 0 aromatic carbocycles. The van der Waals surface area contributed by atoms with Crippen molar-refractivity contribution in [3.8, 4) is 0 Å². The van der Waals surface area contributed by atoms with Gasteiger partial charge in [0.15, 0.2) is 36.9 Å². The van der Waals surface area contributed by atoms with E-state index >= 15 is 0 Å². The third-order valence-corrected chi connectivity index (χ3v) is 10.1. The van der Waals surface area contributed by atoms with Gasteiger partial charge >= 0.3 is 63.5 Å². The maximum absolute atomic E-state index is 13.3. The molecule has 2 fully saturated rings. The van der Waals surface area contributed by atoms with Gasteiger partial charge in [-0.2, -0.15) is 30.7 Å². The molecule has 352 valence electrons. The molecule has 11 atom stereocenters. The van der Waals surface area contributed by atoms with E-state index in [2.05, 4.69) is 28.3 Å². The first-order valence-corrected chi connectivity index (χ1v) is 19.6. The van der Waals surface area contributed by atoms with Crippen molar-refractivity contribution in [1.82, 2.24) is 14.9 Å². The average molecular weight is 966 g/mol. The Bertz CT molecular complexity index is 2180. The van der Waals surface area contributed by atoms with Crippen molar-refractivity contribution in [2.75, 3.05) is 19.8 Å². The van der Waals surface area contributed by atoms with Crippen molar-refractivity contribution in [2.24, 2.45) is 5.11 Å². The number of phosphoric ester groups is 2. The molecule has 2 saturated heterocycles. The second-order valence-corrected chi connectivity index (χ2v) is 15.2. The van der Waals surface area contributed by atoms with Crippen LogP contribution in [0.25, 0.3) is 10.4 Å². The second kappa shape index (κ2) is 20.8. The van der Waals surface area contributed by atoms with E-state index < -0.39 is 150 Å². The Morgan fingerprint density at radius 1 is 0.841 bits per heavy atom. The van der Waals surface area contributed by atoms with Gasteiger partial charge in [-0.1, -0.05) is 5.11 Å². The molecule has 4 N–H and O–H groups in total. The molecule has 1 aromatic heterocycles. The SMILES string of the molecule is CC(=O)OCC1O[C@H](OP(=O)(O)OP(=O)(O)OC[C@H]2O[C@@H](n3ccc(=O)[nH]c3=O)C(OC(=O)C(F)(F)F)[C@H]2OC(=O)C(F)(F)F)C(NC(=O)CN=[N+]=[N-])[C@H](OC(C)=O)[C@H]1OC(C)=O. The van der Waals surface area contributed by atoms with Crippen LogP contribution in [0.4, 0.5) is 26.3 Å². The summed E-state index contributed by atoms with van der Waals surface area (Å²) in [5.74, 6) is -11.0. The van der Waals surface area contributed by atoms with E-state index in [-0.39, 0.29) is 4.57 Å². The van der Waals surface area contributed by atoms with Crippen LogP contribution >= 0.6 is 15.6 Å². The summed E-state index contributed by atoms with van der Waals surface area (Å²) in [6.45, 7) is -1.31. The van der Waals surface area contributed by atoms with Gasteiger partial charge in [0.25, 0.3) is 5.56 Å². The Morgan fingerprint density at radius 3 is 1.90 bits per heavy atom. The number of hydrogen-bond donors (Lipinski definition) is 4. The number of aromatic nitrogens is 2. The third kappa shape index (κ3) is 15.1. The van der Waals surface area contributed by atoms with E-state index in [1.807, 2.05) is 5.32 Å². The van der Waals surface area contributed by atoms with Crippen molar-refractivity contribution in [3.05, 3.63) is 43.5 Å². The summed E-state index contributed by atoms with van der Waals surface area (Å²) in [7, 11) is -12.6. The first kappa shape index (κ1) is 51.9. The van der Waals surface area contributed by atoms with Crippen molar-refractivity contribution in [3.63, 3.8) is 0 Å². The van der Waals surface area contributed by atoms with Gasteiger partial charge in [0.05, 0.1) is 6.61 Å². The number of H-pyrrole nitrogens is 1. The van der Waals surface area contributed by atoms with Crippen molar-refractivity contribution >= 4 is 51.4 Å². The minimum absolute atomic E-state index is 0.116. The van der Waals surface area contributed by atoms with Crippen LogP contribution in [-0.4, -0.2) is 136 Å². The number of phosphoric acid groups is 2. The first-order valence-electron chi connectivity index (χ1n) is 16.6. The predicted octanol–water partition coefficient (Wildman–Crippen LogP) is -0.421. The topological polar surface area (TPSA) is 385 Å². The standard InChI is InChI=1S/C27H30F6N6O22P2/c1-9(40)52-7-12-17(54-10(2)41)19(55-11(3)42)16(36-15(44)6-35-38-34)22(57-12)60-63(50,51)61-62(48,49)53-8-13-18(58-23(45)26(28,29)30)20(59-24(46)27(31,32)33)21(56-13)39-5-4-14(43)37-25(39)47/h4-5,12-13,16-22H,6-8H2,1-3H3,(H,36,44)(H,48,49)(H,50,51)(H,37,43,47)/t12?,13-,16?,17+,18+,19+,20?,21-,22-/m1/s1. The lowest BCUT2D eigenvalue weighted by Crippen LogP contribution is -2.66. The van der Waals surface area contributed by atoms with Crippen LogP contribution in [0.15, 0.2) is 27.0 Å². The molecule has 0 spiro atoms. The predicted molar refractivity (Wildman–Crippen MR) is 177 cm³/mol. The van der Waals surface area contributed by atoms with Crippen molar-refractivity contribution in [1.29, 1.82) is 0 Å². The lowest BCUT2D eigenvalue weighted by Gasteiger charge is -2.44. The van der Waals surface area contributed by atoms with Gasteiger partial charge in [0.2, 0.25) is 5.91 Å². The van der Waals surface area contributed by atoms with Gasteiger partial charge in [-0.15, -0.1) is 0 Å². The molecule has 0 saturated carbocycles. The summed E-state index contributed by atoms with van der Waals surface area (Å²) >= 11 is 0. The van der Waals surface area contributed by atoms with Gasteiger partial charge in [-0.3, -0.25) is 42.6 Å². The van der Waals surface area contributed by atoms with Crippen LogP contribution in [0.2, 0.25) is 0 Å². The van der Waals surface area contributed by atoms with Crippen LogP contribution in [0.3, 0.4) is 0 Å². The number of carbonyl (C=O) groups is 6. The highest BCUT2D eigenvalue weighted by molar-refractivity contribution is 7.61. The number of ether oxygens (including phenoxy) is 7. The highest BCUT2D eigenvalue weighted by Crippen LogP contribution is 2.61. The first-order chi connectivity index (χ1) is 28.9. The summed E-state index contributed by atoms with van der Waals surface area (Å²) in [6.07, 6.45) is -30.8. The number of nitrogens with one attached hydrogen (secondary N) is 2. The highest BCUT2D eigenvalue weighted by atomic mass is 31.3. The molecular formula is C27H30F6N6O22P2. The fourth-order valence-corrected chi connectivity index (χ4v) is 7.45. The minimum atomic E-state index is -6.30. The number of hydrogen-bond acceptors (Lipinski definition) is 21. The van der Waals surface area contributed by atoms with Gasteiger partial charge < -0.3 is 48.3 Å². The molecule has 0 bridgehead atoms. The number of carbonyl (C=O) groups excluding carboxylic acids is 6. The Morgan fingerprint density at radius 2 is 1.38 bits per heavy atom. The lowest BCUT2D eigenvalue weighted by molar-refractivity contribution is -0.259. The summed E-state index contributed by atoms with van der Waals surface area (Å²) < 4.78 is 153. The van der Waals surface area contributed by atoms with Crippen LogP contribution in [0.1, 0.15) is 27.0 Å². The quantitative estimate of drug-likeness (QED) is 0.0293. The molecule has 3 rings (SSSR count). The normalized spacial score (nSPS) is 26.7. The minimum Gasteiger partial charge on any atom is -0.463 e. The molecule has 1 aromatic rings. The van der Waals surface area contributed by atoms with E-state index in [1.165, 1.54) is 0 Å². The molecule has 5 unspecified atom stereocenters. The zero-order chi connectivity index (χ0) is 47.8. The number of rotatable bonds is 17. The largest absolute Gasteiger partial charge is 0.490 e. The summed E-state index contributed by atoms with van der Waals surface area (Å²) in [5, 5.41) is 4.98. The molecule has 63 heavy (non-hydrogen) atoms. The Kier molecular flexibility index (Phi) is 17.2. The molecule has 1 amide bonds. The van der Waals surface area contributed by atoms with Gasteiger partial charge in [0, 0.05) is 37.9 Å². The maximum Gasteiger partial charge on any atom is 0.490 e. The Labute approximate surface area is 343 Å². The van der Waals surface area contributed by atoms with Gasteiger partial charge in [-0.05, 0) is 5.53 Å². The van der Waals surface area contributed by atoms with Gasteiger partial charge in [0.1, 0.15) is 31.4 Å². The molecule has 3 heterocycles. The number of nitrogens with zero attached hydrogens (tertiary/aromatic N) is 4. The fourth-order valence-electron chi connectivity index (χ4n) is 5.29. The Hall–Kier alpha value is -5.43. The zero-order valence-electron chi connectivity index (χ0n) is 31.5. The number of aromatic amines is 1. The molecule has 36 heteroatoms. The second-order valence-electron chi connectivity index (χ2n) is 12.2. The summed E-state index contributed by atoms with van der Waals surface area (Å²) in [5.41, 5.74) is 5.86. The number of alkyl halides is 6. The fraction of sp³-hybridized carbons (Fsp3) is 0.630. The molecule has 0 aliphatic carbocycles. The van der Waals surface area contributed by atoms with E-state index in [0.717, 1.165) is 20.8 Å². The van der Waals surface area contributed by atoms with Gasteiger partial charge in [-0.25, -0.2) is 23.5 Å². The number of halogens is 6. The number of esters is 5. The van der Waals surface area contributed by atoms with Crippen molar-refractivity contribution in [2.45, 2.75) is 88.3 Å². The molecule has 2 aliphatic heterocycles. The molecule has 2 aliphatic rings. The smallest absolute Gasteiger partial charge is 0.463 e. The molecule has 0 radical (unpaired) electrons. The maximum atomic E-state index is 13.3. The molecular weight excluding hydrogens is 936 g/mol. The number of azide groups is 1. The van der Waals surface area contributed by atoms with E-state index in [0.29, 0.717) is 12.3 Å².